The van der Waals surface area contributed by atoms with E-state index in [1.165, 1.54) is 27.5 Å². The van der Waals surface area contributed by atoms with Gasteiger partial charge in [0.2, 0.25) is 0 Å². The SMILES string of the molecule is C=Cc1cccc2c3ccccc3n(-c3ccccc3)c12. The predicted molar refractivity (Wildman–Crippen MR) is 90.9 cm³/mol. The van der Waals surface area contributed by atoms with Crippen LogP contribution in [0.15, 0.2) is 79.4 Å². The van der Waals surface area contributed by atoms with Gasteiger partial charge >= 0.3 is 0 Å². The summed E-state index contributed by atoms with van der Waals surface area (Å²) in [5, 5.41) is 2.55. The highest BCUT2D eigenvalue weighted by molar-refractivity contribution is 6.11. The molecule has 1 aromatic heterocycles. The van der Waals surface area contributed by atoms with Crippen molar-refractivity contribution in [2.45, 2.75) is 0 Å². The number of aromatic nitrogens is 1. The van der Waals surface area contributed by atoms with Crippen molar-refractivity contribution >= 4 is 27.9 Å². The second-order valence-electron chi connectivity index (χ2n) is 5.14. The molecular formula is C20H15N. The van der Waals surface area contributed by atoms with Gasteiger partial charge in [0.15, 0.2) is 0 Å². The molecule has 1 heteroatoms. The van der Waals surface area contributed by atoms with Crippen molar-refractivity contribution in [1.82, 2.24) is 4.57 Å². The van der Waals surface area contributed by atoms with Crippen molar-refractivity contribution in [3.05, 3.63) is 84.9 Å². The lowest BCUT2D eigenvalue weighted by molar-refractivity contribution is 1.18. The summed E-state index contributed by atoms with van der Waals surface area (Å²) < 4.78 is 2.32. The fraction of sp³-hybridized carbons (Fsp3) is 0. The Hall–Kier alpha value is -2.80. The molecule has 0 aliphatic carbocycles. The van der Waals surface area contributed by atoms with Crippen molar-refractivity contribution < 1.29 is 0 Å². The molecule has 0 fully saturated rings. The van der Waals surface area contributed by atoms with E-state index in [0.29, 0.717) is 0 Å². The monoisotopic (exact) mass is 269 g/mol. The minimum Gasteiger partial charge on any atom is -0.309 e. The van der Waals surface area contributed by atoms with Crippen LogP contribution in [-0.4, -0.2) is 4.57 Å². The Morgan fingerprint density at radius 1 is 0.714 bits per heavy atom. The topological polar surface area (TPSA) is 4.93 Å². The van der Waals surface area contributed by atoms with Gasteiger partial charge in [-0.05, 0) is 23.8 Å². The molecule has 100 valence electrons. The molecule has 4 rings (SSSR count). The molecular weight excluding hydrogens is 254 g/mol. The van der Waals surface area contributed by atoms with Crippen LogP contribution in [0.3, 0.4) is 0 Å². The second kappa shape index (κ2) is 4.64. The largest absolute Gasteiger partial charge is 0.309 e. The van der Waals surface area contributed by atoms with Gasteiger partial charge in [-0.15, -0.1) is 0 Å². The first-order valence-corrected chi connectivity index (χ1v) is 7.10. The highest BCUT2D eigenvalue weighted by Crippen LogP contribution is 2.34. The summed E-state index contributed by atoms with van der Waals surface area (Å²) in [6.45, 7) is 3.97. The predicted octanol–water partition coefficient (Wildman–Crippen LogP) is 5.43. The number of hydrogen-bond donors (Lipinski definition) is 0. The zero-order valence-electron chi connectivity index (χ0n) is 11.7. The summed E-state index contributed by atoms with van der Waals surface area (Å²) in [5.74, 6) is 0. The van der Waals surface area contributed by atoms with E-state index in [1.54, 1.807) is 0 Å². The molecule has 0 unspecified atom stereocenters. The van der Waals surface area contributed by atoms with Gasteiger partial charge < -0.3 is 4.57 Å². The lowest BCUT2D eigenvalue weighted by Gasteiger charge is -2.09. The van der Waals surface area contributed by atoms with E-state index in [4.69, 9.17) is 0 Å². The van der Waals surface area contributed by atoms with Crippen LogP contribution in [0, 0.1) is 0 Å². The van der Waals surface area contributed by atoms with Crippen LogP contribution in [-0.2, 0) is 0 Å². The van der Waals surface area contributed by atoms with Gasteiger partial charge in [0.05, 0.1) is 11.0 Å². The molecule has 3 aromatic carbocycles. The van der Waals surface area contributed by atoms with Gasteiger partial charge in [0, 0.05) is 16.5 Å². The van der Waals surface area contributed by atoms with Gasteiger partial charge in [-0.3, -0.25) is 0 Å². The minimum atomic E-state index is 1.16. The maximum Gasteiger partial charge on any atom is 0.0613 e. The average molecular weight is 269 g/mol. The number of rotatable bonds is 2. The molecule has 0 N–H and O–H groups in total. The molecule has 0 saturated heterocycles. The Morgan fingerprint density at radius 2 is 1.43 bits per heavy atom. The van der Waals surface area contributed by atoms with Gasteiger partial charge in [-0.2, -0.15) is 0 Å². The molecule has 0 amide bonds. The van der Waals surface area contributed by atoms with Gasteiger partial charge in [-0.1, -0.05) is 67.3 Å². The molecule has 1 heterocycles. The third-order valence-corrected chi connectivity index (χ3v) is 3.96. The van der Waals surface area contributed by atoms with E-state index < -0.39 is 0 Å². The molecule has 4 aromatic rings. The van der Waals surface area contributed by atoms with Gasteiger partial charge in [0.25, 0.3) is 0 Å². The maximum atomic E-state index is 3.97. The zero-order chi connectivity index (χ0) is 14.2. The van der Waals surface area contributed by atoms with Crippen LogP contribution in [0.4, 0.5) is 0 Å². The fourth-order valence-electron chi connectivity index (χ4n) is 3.06. The standard InChI is InChI=1S/C20H15N/c1-2-15-9-8-13-18-17-12-6-7-14-19(17)21(20(15)18)16-10-4-3-5-11-16/h2-14H,1H2. The third kappa shape index (κ3) is 1.71. The lowest BCUT2D eigenvalue weighted by Crippen LogP contribution is -1.94. The van der Waals surface area contributed by atoms with Crippen LogP contribution in [0.1, 0.15) is 5.56 Å². The summed E-state index contributed by atoms with van der Waals surface area (Å²) in [5.41, 5.74) is 4.79. The van der Waals surface area contributed by atoms with Crippen molar-refractivity contribution in [2.24, 2.45) is 0 Å². The molecule has 0 radical (unpaired) electrons. The van der Waals surface area contributed by atoms with Crippen molar-refractivity contribution in [2.75, 3.05) is 0 Å². The van der Waals surface area contributed by atoms with Crippen LogP contribution in [0.5, 0.6) is 0 Å². The van der Waals surface area contributed by atoms with E-state index in [1.807, 2.05) is 12.1 Å². The molecule has 0 aliphatic rings. The number of fused-ring (bicyclic) bond motifs is 3. The summed E-state index contributed by atoms with van der Waals surface area (Å²) in [7, 11) is 0. The number of para-hydroxylation sites is 3. The molecule has 0 bridgehead atoms. The Labute approximate surface area is 123 Å². The van der Waals surface area contributed by atoms with Crippen LogP contribution in [0.2, 0.25) is 0 Å². The van der Waals surface area contributed by atoms with Crippen molar-refractivity contribution in [1.29, 1.82) is 0 Å². The molecule has 21 heavy (non-hydrogen) atoms. The Balaban J connectivity index is 2.28. The molecule has 0 saturated carbocycles. The number of nitrogens with zero attached hydrogens (tertiary/aromatic N) is 1. The Kier molecular flexibility index (Phi) is 2.65. The normalized spacial score (nSPS) is 11.0. The highest BCUT2D eigenvalue weighted by Gasteiger charge is 2.13. The van der Waals surface area contributed by atoms with E-state index in [-0.39, 0.29) is 0 Å². The van der Waals surface area contributed by atoms with E-state index in [2.05, 4.69) is 77.9 Å². The lowest BCUT2D eigenvalue weighted by atomic mass is 10.1. The van der Waals surface area contributed by atoms with Gasteiger partial charge in [0.1, 0.15) is 0 Å². The first-order chi connectivity index (χ1) is 10.4. The van der Waals surface area contributed by atoms with Crippen molar-refractivity contribution in [3.63, 3.8) is 0 Å². The summed E-state index contributed by atoms with van der Waals surface area (Å²) in [4.78, 5) is 0. The zero-order valence-corrected chi connectivity index (χ0v) is 11.7. The second-order valence-corrected chi connectivity index (χ2v) is 5.14. The smallest absolute Gasteiger partial charge is 0.0613 e. The Bertz CT molecular complexity index is 946. The van der Waals surface area contributed by atoms with Crippen LogP contribution >= 0.6 is 0 Å². The summed E-state index contributed by atoms with van der Waals surface area (Å²) >= 11 is 0. The number of benzene rings is 3. The minimum absolute atomic E-state index is 1.16. The quantitative estimate of drug-likeness (QED) is 0.457. The third-order valence-electron chi connectivity index (χ3n) is 3.96. The Morgan fingerprint density at radius 3 is 2.24 bits per heavy atom. The molecule has 1 nitrogen and oxygen atoms in total. The first-order valence-electron chi connectivity index (χ1n) is 7.10. The van der Waals surface area contributed by atoms with E-state index in [9.17, 15) is 0 Å². The summed E-state index contributed by atoms with van der Waals surface area (Å²) in [6, 6.07) is 25.4. The fourth-order valence-corrected chi connectivity index (χ4v) is 3.06. The average Bonchev–Trinajstić information content (AvgIpc) is 2.90. The highest BCUT2D eigenvalue weighted by atomic mass is 15.0. The summed E-state index contributed by atoms with van der Waals surface area (Å²) in [6.07, 6.45) is 1.93. The number of hydrogen-bond acceptors (Lipinski definition) is 0. The van der Waals surface area contributed by atoms with Crippen LogP contribution in [0.25, 0.3) is 33.6 Å². The maximum absolute atomic E-state index is 3.97. The van der Waals surface area contributed by atoms with Crippen molar-refractivity contribution in [3.8, 4) is 5.69 Å². The molecule has 0 atom stereocenters. The van der Waals surface area contributed by atoms with E-state index >= 15 is 0 Å². The molecule has 0 aliphatic heterocycles. The van der Waals surface area contributed by atoms with Crippen LogP contribution < -0.4 is 0 Å². The first kappa shape index (κ1) is 12.0. The van der Waals surface area contributed by atoms with E-state index in [0.717, 1.165) is 5.56 Å². The van der Waals surface area contributed by atoms with Gasteiger partial charge in [-0.25, -0.2) is 0 Å². The molecule has 0 spiro atoms.